The summed E-state index contributed by atoms with van der Waals surface area (Å²) >= 11 is 0. The van der Waals surface area contributed by atoms with Crippen molar-refractivity contribution in [2.75, 3.05) is 12.3 Å². The number of aliphatic hydroxyl groups is 1. The third-order valence-electron chi connectivity index (χ3n) is 2.52. The topological polar surface area (TPSA) is 113 Å². The summed E-state index contributed by atoms with van der Waals surface area (Å²) in [6.07, 6.45) is 0. The van der Waals surface area contributed by atoms with Gasteiger partial charge in [-0.25, -0.2) is 0 Å². The van der Waals surface area contributed by atoms with Crippen LogP contribution in [0.1, 0.15) is 17.3 Å². The summed E-state index contributed by atoms with van der Waals surface area (Å²) in [5.41, 5.74) is 6.49. The number of carbonyl (C=O) groups is 2. The molecule has 0 saturated carbocycles. The molecule has 0 aliphatic rings. The summed E-state index contributed by atoms with van der Waals surface area (Å²) in [6, 6.07) is 4.48. The molecule has 0 saturated heterocycles. The van der Waals surface area contributed by atoms with Gasteiger partial charge in [0.25, 0.3) is 0 Å². The lowest BCUT2D eigenvalue weighted by Crippen LogP contribution is -2.47. The van der Waals surface area contributed by atoms with Gasteiger partial charge >= 0.3 is 5.97 Å². The number of rotatable bonds is 6. The lowest BCUT2D eigenvalue weighted by Gasteiger charge is -2.17. The molecule has 0 aliphatic heterocycles. The summed E-state index contributed by atoms with van der Waals surface area (Å²) < 4.78 is 0. The van der Waals surface area contributed by atoms with Gasteiger partial charge in [-0.1, -0.05) is 0 Å². The summed E-state index contributed by atoms with van der Waals surface area (Å²) in [4.78, 5) is 22.7. The van der Waals surface area contributed by atoms with Crippen LogP contribution in [-0.4, -0.2) is 40.7 Å². The highest BCUT2D eigenvalue weighted by atomic mass is 16.4. The van der Waals surface area contributed by atoms with Crippen molar-refractivity contribution in [1.82, 2.24) is 5.32 Å². The summed E-state index contributed by atoms with van der Waals surface area (Å²) in [6.45, 7) is 0.971. The van der Waals surface area contributed by atoms with E-state index in [1.165, 1.54) is 0 Å². The minimum absolute atomic E-state index is 0.255. The van der Waals surface area contributed by atoms with E-state index in [1.807, 2.05) is 0 Å². The highest BCUT2D eigenvalue weighted by Crippen LogP contribution is 2.08. The molecule has 1 aromatic rings. The predicted octanol–water partition coefficient (Wildman–Crippen LogP) is -0.125. The van der Waals surface area contributed by atoms with Gasteiger partial charge in [-0.05, 0) is 31.2 Å². The normalized spacial score (nSPS) is 13.9. The molecular formula is C12H16N2O4. The van der Waals surface area contributed by atoms with E-state index in [1.54, 1.807) is 31.2 Å². The van der Waals surface area contributed by atoms with Crippen LogP contribution >= 0.6 is 0 Å². The Bertz CT molecular complexity index is 430. The number of Topliss-reactive ketones (excluding diaryl/α,β-unsaturated/α-hetero) is 1. The van der Waals surface area contributed by atoms with Crippen molar-refractivity contribution in [3.63, 3.8) is 0 Å². The minimum Gasteiger partial charge on any atom is -0.480 e. The molecule has 0 fully saturated rings. The Morgan fingerprint density at radius 2 is 1.89 bits per heavy atom. The number of aliphatic hydroxyl groups excluding tert-OH is 1. The molecule has 0 aromatic heterocycles. The van der Waals surface area contributed by atoms with E-state index in [-0.39, 0.29) is 5.78 Å². The Morgan fingerprint density at radius 1 is 1.33 bits per heavy atom. The quantitative estimate of drug-likeness (QED) is 0.414. The van der Waals surface area contributed by atoms with Gasteiger partial charge in [0.15, 0.2) is 5.78 Å². The van der Waals surface area contributed by atoms with Gasteiger partial charge < -0.3 is 15.9 Å². The number of benzene rings is 1. The molecular weight excluding hydrogens is 236 g/mol. The van der Waals surface area contributed by atoms with Crippen LogP contribution in [-0.2, 0) is 4.79 Å². The van der Waals surface area contributed by atoms with Gasteiger partial charge in [-0.15, -0.1) is 0 Å². The fourth-order valence-corrected chi connectivity index (χ4v) is 1.48. The lowest BCUT2D eigenvalue weighted by atomic mass is 10.0. The largest absolute Gasteiger partial charge is 0.480 e. The van der Waals surface area contributed by atoms with Gasteiger partial charge in [0.05, 0.1) is 12.6 Å². The average Bonchev–Trinajstić information content (AvgIpc) is 2.35. The molecule has 1 aromatic carbocycles. The van der Waals surface area contributed by atoms with E-state index >= 15 is 0 Å². The van der Waals surface area contributed by atoms with E-state index in [4.69, 9.17) is 15.9 Å². The monoisotopic (exact) mass is 252 g/mol. The number of ketones is 1. The number of aliphatic carboxylic acids is 1. The van der Waals surface area contributed by atoms with Crippen molar-refractivity contribution in [3.05, 3.63) is 29.8 Å². The molecule has 6 heteroatoms. The molecule has 0 radical (unpaired) electrons. The Kier molecular flexibility index (Phi) is 4.82. The summed E-state index contributed by atoms with van der Waals surface area (Å²) in [5, 5.41) is 20.2. The molecule has 18 heavy (non-hydrogen) atoms. The van der Waals surface area contributed by atoms with E-state index < -0.39 is 24.7 Å². The molecule has 2 atom stereocenters. The fraction of sp³-hybridized carbons (Fsp3) is 0.333. The second kappa shape index (κ2) is 6.13. The first kappa shape index (κ1) is 14.1. The minimum atomic E-state index is -1.20. The van der Waals surface area contributed by atoms with Gasteiger partial charge in [-0.3, -0.25) is 14.9 Å². The highest BCUT2D eigenvalue weighted by molar-refractivity contribution is 6.00. The van der Waals surface area contributed by atoms with Gasteiger partial charge in [0.2, 0.25) is 0 Å². The zero-order valence-electron chi connectivity index (χ0n) is 9.96. The van der Waals surface area contributed by atoms with Crippen molar-refractivity contribution in [2.45, 2.75) is 19.0 Å². The van der Waals surface area contributed by atoms with Gasteiger partial charge in [0, 0.05) is 11.3 Å². The van der Waals surface area contributed by atoms with E-state index in [0.717, 1.165) is 0 Å². The van der Waals surface area contributed by atoms with E-state index in [0.29, 0.717) is 11.3 Å². The molecule has 2 unspecified atom stereocenters. The molecule has 0 heterocycles. The first-order chi connectivity index (χ1) is 8.45. The van der Waals surface area contributed by atoms with Crippen molar-refractivity contribution in [1.29, 1.82) is 0 Å². The highest BCUT2D eigenvalue weighted by Gasteiger charge is 2.22. The smallest absolute Gasteiger partial charge is 0.323 e. The Balaban J connectivity index is 2.72. The van der Waals surface area contributed by atoms with E-state index in [9.17, 15) is 9.59 Å². The lowest BCUT2D eigenvalue weighted by molar-refractivity contribution is -0.140. The number of hydrogen-bond acceptors (Lipinski definition) is 5. The maximum atomic E-state index is 12.0. The number of nitrogens with two attached hydrogens (primary N) is 1. The standard InChI is InChI=1S/C12H16N2O4/c1-7(14-10(6-15)12(17)18)11(16)8-2-4-9(13)5-3-8/h2-5,7,10,14-15H,6,13H2,1H3,(H,17,18). The number of nitrogens with one attached hydrogen (secondary N) is 1. The SMILES string of the molecule is CC(NC(CO)C(=O)O)C(=O)c1ccc(N)cc1. The molecule has 0 aliphatic carbocycles. The third kappa shape index (κ3) is 3.54. The van der Waals surface area contributed by atoms with Crippen molar-refractivity contribution in [3.8, 4) is 0 Å². The van der Waals surface area contributed by atoms with Gasteiger partial charge in [-0.2, -0.15) is 0 Å². The molecule has 5 N–H and O–H groups in total. The Hall–Kier alpha value is -1.92. The van der Waals surface area contributed by atoms with Crippen LogP contribution in [0, 0.1) is 0 Å². The first-order valence-electron chi connectivity index (χ1n) is 5.45. The summed E-state index contributed by atoms with van der Waals surface area (Å²) in [5.74, 6) is -1.45. The van der Waals surface area contributed by atoms with Crippen molar-refractivity contribution in [2.24, 2.45) is 0 Å². The average molecular weight is 252 g/mol. The Labute approximate surface area is 104 Å². The number of nitrogen functional groups attached to an aromatic ring is 1. The van der Waals surface area contributed by atoms with Crippen LogP contribution in [0.25, 0.3) is 0 Å². The number of carbonyl (C=O) groups excluding carboxylic acids is 1. The molecule has 98 valence electrons. The number of carboxylic acids is 1. The fourth-order valence-electron chi connectivity index (χ4n) is 1.48. The predicted molar refractivity (Wildman–Crippen MR) is 66.3 cm³/mol. The number of anilines is 1. The summed E-state index contributed by atoms with van der Waals surface area (Å²) in [7, 11) is 0. The second-order valence-electron chi connectivity index (χ2n) is 3.95. The van der Waals surface area contributed by atoms with Crippen LogP contribution in [0.2, 0.25) is 0 Å². The van der Waals surface area contributed by atoms with Crippen LogP contribution in [0.5, 0.6) is 0 Å². The maximum absolute atomic E-state index is 12.0. The number of hydrogen-bond donors (Lipinski definition) is 4. The first-order valence-corrected chi connectivity index (χ1v) is 5.45. The number of carboxylic acid groups (broad SMARTS) is 1. The molecule has 0 amide bonds. The van der Waals surface area contributed by atoms with Crippen LogP contribution in [0.4, 0.5) is 5.69 Å². The van der Waals surface area contributed by atoms with E-state index in [2.05, 4.69) is 5.32 Å². The van der Waals surface area contributed by atoms with Crippen molar-refractivity contribution < 1.29 is 19.8 Å². The molecule has 6 nitrogen and oxygen atoms in total. The zero-order chi connectivity index (χ0) is 13.7. The van der Waals surface area contributed by atoms with Crippen LogP contribution in [0.15, 0.2) is 24.3 Å². The third-order valence-corrected chi connectivity index (χ3v) is 2.52. The van der Waals surface area contributed by atoms with Crippen LogP contribution < -0.4 is 11.1 Å². The Morgan fingerprint density at radius 3 is 2.33 bits per heavy atom. The zero-order valence-corrected chi connectivity index (χ0v) is 9.96. The van der Waals surface area contributed by atoms with Crippen molar-refractivity contribution >= 4 is 17.4 Å². The van der Waals surface area contributed by atoms with Crippen LogP contribution in [0.3, 0.4) is 0 Å². The second-order valence-corrected chi connectivity index (χ2v) is 3.95. The van der Waals surface area contributed by atoms with Gasteiger partial charge in [0.1, 0.15) is 6.04 Å². The molecule has 0 bridgehead atoms. The molecule has 1 rings (SSSR count). The maximum Gasteiger partial charge on any atom is 0.323 e. The molecule has 0 spiro atoms.